The number of benzene rings is 1. The van der Waals surface area contributed by atoms with E-state index >= 15 is 0 Å². The van der Waals surface area contributed by atoms with E-state index in [1.807, 2.05) is 18.2 Å². The number of ether oxygens (including phenoxy) is 1. The van der Waals surface area contributed by atoms with Gasteiger partial charge in [0.05, 0.1) is 6.61 Å². The van der Waals surface area contributed by atoms with Crippen LogP contribution in [0.3, 0.4) is 0 Å². The summed E-state index contributed by atoms with van der Waals surface area (Å²) in [7, 11) is 0. The van der Waals surface area contributed by atoms with Crippen molar-refractivity contribution in [1.82, 2.24) is 10.6 Å². The van der Waals surface area contributed by atoms with Gasteiger partial charge in [0.1, 0.15) is 5.75 Å². The summed E-state index contributed by atoms with van der Waals surface area (Å²) in [4.78, 5) is 12.2. The third kappa shape index (κ3) is 2.73. The van der Waals surface area contributed by atoms with Gasteiger partial charge in [0.2, 0.25) is 0 Å². The molecule has 3 rings (SSSR count). The Hall–Kier alpha value is -1.55. The number of rotatable bonds is 2. The van der Waals surface area contributed by atoms with Crippen molar-refractivity contribution < 1.29 is 9.53 Å². The van der Waals surface area contributed by atoms with Crippen LogP contribution in [0.2, 0.25) is 0 Å². The normalized spacial score (nSPS) is 25.5. The molecule has 2 atom stereocenters. The van der Waals surface area contributed by atoms with Gasteiger partial charge in [0.15, 0.2) is 0 Å². The van der Waals surface area contributed by atoms with Gasteiger partial charge in [0.25, 0.3) is 5.91 Å². The minimum absolute atomic E-state index is 0.0359. The molecule has 0 radical (unpaired) electrons. The highest BCUT2D eigenvalue weighted by Gasteiger charge is 2.21. The highest BCUT2D eigenvalue weighted by molar-refractivity contribution is 5.94. The molecule has 0 aromatic heterocycles. The summed E-state index contributed by atoms with van der Waals surface area (Å²) in [6, 6.07) is 6.48. The highest BCUT2D eigenvalue weighted by Crippen LogP contribution is 2.25. The molecule has 0 bridgehead atoms. The van der Waals surface area contributed by atoms with Crippen LogP contribution in [0.4, 0.5) is 0 Å². The van der Waals surface area contributed by atoms with Crippen LogP contribution >= 0.6 is 0 Å². The Kier molecular flexibility index (Phi) is 3.42. The van der Waals surface area contributed by atoms with Crippen molar-refractivity contribution >= 4 is 5.91 Å². The van der Waals surface area contributed by atoms with E-state index in [2.05, 4.69) is 17.6 Å². The average Bonchev–Trinajstić information content (AvgIpc) is 2.85. The number of carbonyl (C=O) groups is 1. The number of fused-ring (bicyclic) bond motifs is 1. The number of amides is 1. The number of nitrogens with one attached hydrogen (secondary N) is 2. The first kappa shape index (κ1) is 12.5. The van der Waals surface area contributed by atoms with E-state index in [0.717, 1.165) is 49.3 Å². The van der Waals surface area contributed by atoms with E-state index in [4.69, 9.17) is 4.74 Å². The number of hydrogen-bond acceptors (Lipinski definition) is 3. The topological polar surface area (TPSA) is 50.4 Å². The molecule has 1 aromatic rings. The highest BCUT2D eigenvalue weighted by atomic mass is 16.5. The zero-order valence-electron chi connectivity index (χ0n) is 11.2. The third-order valence-electron chi connectivity index (χ3n) is 3.91. The first-order chi connectivity index (χ1) is 9.22. The Balaban J connectivity index is 1.67. The molecule has 102 valence electrons. The number of piperidine rings is 1. The van der Waals surface area contributed by atoms with Crippen molar-refractivity contribution in [2.75, 3.05) is 13.2 Å². The molecule has 2 aliphatic rings. The summed E-state index contributed by atoms with van der Waals surface area (Å²) < 4.78 is 5.46. The Morgan fingerprint density at radius 2 is 2.37 bits per heavy atom. The van der Waals surface area contributed by atoms with Crippen LogP contribution in [0, 0.1) is 0 Å². The lowest BCUT2D eigenvalue weighted by atomic mass is 10.00. The van der Waals surface area contributed by atoms with Gasteiger partial charge in [0, 0.05) is 24.1 Å². The molecular formula is C15H20N2O2. The summed E-state index contributed by atoms with van der Waals surface area (Å²) in [5, 5.41) is 6.53. The molecule has 19 heavy (non-hydrogen) atoms. The molecule has 2 aliphatic heterocycles. The lowest BCUT2D eigenvalue weighted by Crippen LogP contribution is -2.46. The molecule has 2 N–H and O–H groups in total. The average molecular weight is 260 g/mol. The molecule has 4 heteroatoms. The standard InChI is InChI=1S/C15H20N2O2/c1-10-8-13(4-6-16-10)17-15(18)12-2-3-14-11(9-12)5-7-19-14/h2-3,9-10,13,16H,4-8H2,1H3,(H,17,18). The smallest absolute Gasteiger partial charge is 0.251 e. The van der Waals surface area contributed by atoms with Crippen LogP contribution in [-0.2, 0) is 6.42 Å². The molecule has 0 aliphatic carbocycles. The predicted molar refractivity (Wildman–Crippen MR) is 73.6 cm³/mol. The van der Waals surface area contributed by atoms with Gasteiger partial charge >= 0.3 is 0 Å². The predicted octanol–water partition coefficient (Wildman–Crippen LogP) is 1.49. The summed E-state index contributed by atoms with van der Waals surface area (Å²) in [5.74, 6) is 0.959. The van der Waals surface area contributed by atoms with Crippen LogP contribution in [0.15, 0.2) is 18.2 Å². The second-order valence-electron chi connectivity index (χ2n) is 5.47. The molecule has 2 unspecified atom stereocenters. The van der Waals surface area contributed by atoms with Crippen LogP contribution < -0.4 is 15.4 Å². The largest absolute Gasteiger partial charge is 0.493 e. The van der Waals surface area contributed by atoms with Crippen LogP contribution in [0.25, 0.3) is 0 Å². The first-order valence-corrected chi connectivity index (χ1v) is 7.02. The van der Waals surface area contributed by atoms with E-state index in [9.17, 15) is 4.79 Å². The van der Waals surface area contributed by atoms with E-state index in [1.54, 1.807) is 0 Å². The van der Waals surface area contributed by atoms with Gasteiger partial charge in [-0.05, 0) is 50.1 Å². The quantitative estimate of drug-likeness (QED) is 0.847. The van der Waals surface area contributed by atoms with Gasteiger partial charge in [-0.25, -0.2) is 0 Å². The van der Waals surface area contributed by atoms with E-state index in [1.165, 1.54) is 0 Å². The zero-order chi connectivity index (χ0) is 13.2. The van der Waals surface area contributed by atoms with Crippen LogP contribution in [-0.4, -0.2) is 31.1 Å². The molecule has 1 saturated heterocycles. The van der Waals surface area contributed by atoms with Crippen molar-refractivity contribution in [3.63, 3.8) is 0 Å². The van der Waals surface area contributed by atoms with Crippen molar-refractivity contribution in [3.05, 3.63) is 29.3 Å². The second-order valence-corrected chi connectivity index (χ2v) is 5.47. The molecule has 0 spiro atoms. The minimum Gasteiger partial charge on any atom is -0.493 e. The van der Waals surface area contributed by atoms with Gasteiger partial charge in [-0.3, -0.25) is 4.79 Å². The fourth-order valence-electron chi connectivity index (χ4n) is 2.86. The third-order valence-corrected chi connectivity index (χ3v) is 3.91. The van der Waals surface area contributed by atoms with Crippen molar-refractivity contribution in [1.29, 1.82) is 0 Å². The maximum absolute atomic E-state index is 12.2. The molecule has 4 nitrogen and oxygen atoms in total. The maximum atomic E-state index is 12.2. The van der Waals surface area contributed by atoms with E-state index in [0.29, 0.717) is 6.04 Å². The lowest BCUT2D eigenvalue weighted by Gasteiger charge is -2.28. The summed E-state index contributed by atoms with van der Waals surface area (Å²) in [6.45, 7) is 3.86. The van der Waals surface area contributed by atoms with Gasteiger partial charge in [-0.15, -0.1) is 0 Å². The SMILES string of the molecule is CC1CC(NC(=O)c2ccc3c(c2)CCO3)CCN1. The first-order valence-electron chi connectivity index (χ1n) is 7.02. The Labute approximate surface area is 113 Å². The number of hydrogen-bond donors (Lipinski definition) is 2. The Morgan fingerprint density at radius 1 is 1.47 bits per heavy atom. The van der Waals surface area contributed by atoms with Crippen LogP contribution in [0.1, 0.15) is 35.7 Å². The van der Waals surface area contributed by atoms with Crippen molar-refractivity contribution in [2.45, 2.75) is 38.3 Å². The van der Waals surface area contributed by atoms with Gasteiger partial charge < -0.3 is 15.4 Å². The maximum Gasteiger partial charge on any atom is 0.251 e. The Bertz CT molecular complexity index is 487. The molecule has 1 fully saturated rings. The van der Waals surface area contributed by atoms with Crippen LogP contribution in [0.5, 0.6) is 5.75 Å². The van der Waals surface area contributed by atoms with Gasteiger partial charge in [-0.2, -0.15) is 0 Å². The van der Waals surface area contributed by atoms with Gasteiger partial charge in [-0.1, -0.05) is 0 Å². The molecule has 1 amide bonds. The van der Waals surface area contributed by atoms with Crippen molar-refractivity contribution in [2.24, 2.45) is 0 Å². The Morgan fingerprint density at radius 3 is 3.21 bits per heavy atom. The van der Waals surface area contributed by atoms with E-state index < -0.39 is 0 Å². The molecule has 1 aromatic carbocycles. The fourth-order valence-corrected chi connectivity index (χ4v) is 2.86. The molecule has 2 heterocycles. The number of carbonyl (C=O) groups excluding carboxylic acids is 1. The molecule has 0 saturated carbocycles. The van der Waals surface area contributed by atoms with Crippen molar-refractivity contribution in [3.8, 4) is 5.75 Å². The monoisotopic (exact) mass is 260 g/mol. The zero-order valence-corrected chi connectivity index (χ0v) is 11.2. The summed E-state index contributed by atoms with van der Waals surface area (Å²) >= 11 is 0. The van der Waals surface area contributed by atoms with E-state index in [-0.39, 0.29) is 11.9 Å². The minimum atomic E-state index is 0.0359. The summed E-state index contributed by atoms with van der Waals surface area (Å²) in [5.41, 5.74) is 1.89. The lowest BCUT2D eigenvalue weighted by molar-refractivity contribution is 0.0925. The summed E-state index contributed by atoms with van der Waals surface area (Å²) in [6.07, 6.45) is 2.91. The fraction of sp³-hybridized carbons (Fsp3) is 0.533. The molecular weight excluding hydrogens is 240 g/mol. The second kappa shape index (κ2) is 5.21.